The average molecular weight is 165 g/mol. The molecule has 0 amide bonds. The van der Waals surface area contributed by atoms with Gasteiger partial charge in [-0.2, -0.15) is 0 Å². The van der Waals surface area contributed by atoms with Crippen LogP contribution in [-0.2, 0) is 0 Å². The maximum Gasteiger partial charge on any atom is 0.118 e. The van der Waals surface area contributed by atoms with Crippen LogP contribution in [0.5, 0.6) is 5.75 Å². The van der Waals surface area contributed by atoms with E-state index in [0.717, 1.165) is 17.5 Å². The van der Waals surface area contributed by atoms with Gasteiger partial charge in [0.2, 0.25) is 0 Å². The normalized spacial score (nSPS) is 12.9. The molecule has 0 aliphatic carbocycles. The zero-order chi connectivity index (χ0) is 9.14. The van der Waals surface area contributed by atoms with Gasteiger partial charge in [-0.05, 0) is 30.5 Å². The van der Waals surface area contributed by atoms with Crippen LogP contribution in [0.15, 0.2) is 18.2 Å². The van der Waals surface area contributed by atoms with Crippen molar-refractivity contribution in [3.8, 4) is 5.75 Å². The predicted molar refractivity (Wildman–Crippen MR) is 50.1 cm³/mol. The molecule has 1 rings (SSSR count). The Morgan fingerprint density at radius 3 is 2.75 bits per heavy atom. The van der Waals surface area contributed by atoms with E-state index in [9.17, 15) is 5.11 Å². The molecular weight excluding hydrogens is 150 g/mol. The summed E-state index contributed by atoms with van der Waals surface area (Å²) in [6.07, 6.45) is 0.893. The predicted octanol–water partition coefficient (Wildman–Crippen LogP) is 2.11. The lowest BCUT2D eigenvalue weighted by molar-refractivity contribution is 0.468. The van der Waals surface area contributed by atoms with E-state index in [0.29, 0.717) is 5.75 Å². The minimum Gasteiger partial charge on any atom is -0.508 e. The molecule has 3 N–H and O–H groups in total. The largest absolute Gasteiger partial charge is 0.508 e. The van der Waals surface area contributed by atoms with Gasteiger partial charge in [0.25, 0.3) is 0 Å². The highest BCUT2D eigenvalue weighted by Crippen LogP contribution is 2.24. The van der Waals surface area contributed by atoms with Crippen molar-refractivity contribution in [1.29, 1.82) is 0 Å². The molecule has 0 saturated heterocycles. The average Bonchev–Trinajstić information content (AvgIpc) is 2.08. The Labute approximate surface area is 73.0 Å². The van der Waals surface area contributed by atoms with Crippen LogP contribution in [-0.4, -0.2) is 5.11 Å². The van der Waals surface area contributed by atoms with E-state index < -0.39 is 0 Å². The Morgan fingerprint density at radius 1 is 1.50 bits per heavy atom. The Morgan fingerprint density at radius 2 is 2.17 bits per heavy atom. The van der Waals surface area contributed by atoms with E-state index in [1.54, 1.807) is 6.07 Å². The Kier molecular flexibility index (Phi) is 2.71. The number of aromatic hydroxyl groups is 1. The summed E-state index contributed by atoms with van der Waals surface area (Å²) in [5.41, 5.74) is 7.79. The van der Waals surface area contributed by atoms with Crippen molar-refractivity contribution >= 4 is 0 Å². The molecule has 2 nitrogen and oxygen atoms in total. The molecule has 12 heavy (non-hydrogen) atoms. The fraction of sp³-hybridized carbons (Fsp3) is 0.400. The summed E-state index contributed by atoms with van der Waals surface area (Å²) in [6.45, 7) is 3.92. The van der Waals surface area contributed by atoms with Crippen molar-refractivity contribution in [3.63, 3.8) is 0 Å². The van der Waals surface area contributed by atoms with Gasteiger partial charge in [0, 0.05) is 6.04 Å². The smallest absolute Gasteiger partial charge is 0.118 e. The summed E-state index contributed by atoms with van der Waals surface area (Å²) < 4.78 is 0. The van der Waals surface area contributed by atoms with Crippen LogP contribution in [0.3, 0.4) is 0 Å². The number of hydrogen-bond acceptors (Lipinski definition) is 2. The van der Waals surface area contributed by atoms with Gasteiger partial charge in [-0.25, -0.2) is 0 Å². The van der Waals surface area contributed by atoms with Gasteiger partial charge >= 0.3 is 0 Å². The molecule has 0 spiro atoms. The summed E-state index contributed by atoms with van der Waals surface area (Å²) in [6, 6.07) is 5.51. The first-order valence-electron chi connectivity index (χ1n) is 4.20. The number of nitrogens with two attached hydrogens (primary N) is 1. The van der Waals surface area contributed by atoms with E-state index in [2.05, 4.69) is 0 Å². The van der Waals surface area contributed by atoms with E-state index >= 15 is 0 Å². The maximum atomic E-state index is 9.39. The monoisotopic (exact) mass is 165 g/mol. The molecule has 1 aromatic rings. The zero-order valence-electron chi connectivity index (χ0n) is 7.54. The molecule has 0 bridgehead atoms. The summed E-state index contributed by atoms with van der Waals surface area (Å²) in [7, 11) is 0. The summed E-state index contributed by atoms with van der Waals surface area (Å²) >= 11 is 0. The molecule has 0 aromatic heterocycles. The van der Waals surface area contributed by atoms with Gasteiger partial charge in [-0.3, -0.25) is 0 Å². The molecule has 0 fully saturated rings. The van der Waals surface area contributed by atoms with Crippen molar-refractivity contribution in [2.75, 3.05) is 0 Å². The van der Waals surface area contributed by atoms with Gasteiger partial charge in [0.1, 0.15) is 5.75 Å². The van der Waals surface area contributed by atoms with Crippen LogP contribution in [0.25, 0.3) is 0 Å². The van der Waals surface area contributed by atoms with Crippen LogP contribution < -0.4 is 5.73 Å². The van der Waals surface area contributed by atoms with Crippen molar-refractivity contribution in [2.24, 2.45) is 5.73 Å². The first-order chi connectivity index (χ1) is 5.66. The standard InChI is InChI=1S/C10H15NO/c1-3-9(11)8-5-4-6-10(12)7(8)2/h4-6,9,12H,3,11H2,1-2H3. The second-order valence-electron chi connectivity index (χ2n) is 3.01. The van der Waals surface area contributed by atoms with Crippen LogP contribution in [0.1, 0.15) is 30.5 Å². The molecule has 0 radical (unpaired) electrons. The highest BCUT2D eigenvalue weighted by atomic mass is 16.3. The van der Waals surface area contributed by atoms with E-state index in [4.69, 9.17) is 5.73 Å². The fourth-order valence-corrected chi connectivity index (χ4v) is 1.26. The fourth-order valence-electron chi connectivity index (χ4n) is 1.26. The molecule has 2 heteroatoms. The van der Waals surface area contributed by atoms with Gasteiger partial charge in [-0.15, -0.1) is 0 Å². The highest BCUT2D eigenvalue weighted by molar-refractivity contribution is 5.39. The second-order valence-corrected chi connectivity index (χ2v) is 3.01. The first kappa shape index (κ1) is 9.07. The third-order valence-corrected chi connectivity index (χ3v) is 2.19. The number of benzene rings is 1. The van der Waals surface area contributed by atoms with Gasteiger partial charge in [0.15, 0.2) is 0 Å². The molecule has 1 atom stereocenters. The molecule has 0 heterocycles. The molecule has 66 valence electrons. The zero-order valence-corrected chi connectivity index (χ0v) is 7.54. The first-order valence-corrected chi connectivity index (χ1v) is 4.20. The summed E-state index contributed by atoms with van der Waals surface area (Å²) in [4.78, 5) is 0. The van der Waals surface area contributed by atoms with E-state index in [-0.39, 0.29) is 6.04 Å². The van der Waals surface area contributed by atoms with Gasteiger partial charge in [-0.1, -0.05) is 19.1 Å². The van der Waals surface area contributed by atoms with E-state index in [1.165, 1.54) is 0 Å². The summed E-state index contributed by atoms with van der Waals surface area (Å²) in [5, 5.41) is 9.39. The number of rotatable bonds is 2. The quantitative estimate of drug-likeness (QED) is 0.705. The lowest BCUT2D eigenvalue weighted by atomic mass is 9.99. The molecule has 0 aliphatic heterocycles. The molecule has 1 unspecified atom stereocenters. The molecule has 0 aliphatic rings. The van der Waals surface area contributed by atoms with Gasteiger partial charge in [0.05, 0.1) is 0 Å². The molecular formula is C10H15NO. The van der Waals surface area contributed by atoms with Crippen LogP contribution >= 0.6 is 0 Å². The SMILES string of the molecule is CCC(N)c1cccc(O)c1C. The third-order valence-electron chi connectivity index (χ3n) is 2.19. The lowest BCUT2D eigenvalue weighted by Crippen LogP contribution is -2.09. The molecule has 1 aromatic carbocycles. The van der Waals surface area contributed by atoms with Crippen molar-refractivity contribution in [3.05, 3.63) is 29.3 Å². The highest BCUT2D eigenvalue weighted by Gasteiger charge is 2.08. The topological polar surface area (TPSA) is 46.2 Å². The maximum absolute atomic E-state index is 9.39. The van der Waals surface area contributed by atoms with Crippen LogP contribution in [0.2, 0.25) is 0 Å². The van der Waals surface area contributed by atoms with Gasteiger partial charge < -0.3 is 10.8 Å². The van der Waals surface area contributed by atoms with Crippen molar-refractivity contribution in [1.82, 2.24) is 0 Å². The van der Waals surface area contributed by atoms with Crippen molar-refractivity contribution < 1.29 is 5.11 Å². The minimum absolute atomic E-state index is 0.0390. The second kappa shape index (κ2) is 3.59. The Balaban J connectivity index is 3.07. The Bertz CT molecular complexity index is 271. The van der Waals surface area contributed by atoms with Crippen LogP contribution in [0, 0.1) is 6.92 Å². The third kappa shape index (κ3) is 1.59. The number of phenolic OH excluding ortho intramolecular Hbond substituents is 1. The minimum atomic E-state index is 0.0390. The number of hydrogen-bond donors (Lipinski definition) is 2. The summed E-state index contributed by atoms with van der Waals surface area (Å²) in [5.74, 6) is 0.330. The Hall–Kier alpha value is -1.02. The molecule has 0 saturated carbocycles. The lowest BCUT2D eigenvalue weighted by Gasteiger charge is -2.12. The van der Waals surface area contributed by atoms with Crippen LogP contribution in [0.4, 0.5) is 0 Å². The van der Waals surface area contributed by atoms with E-state index in [1.807, 2.05) is 26.0 Å². The van der Waals surface area contributed by atoms with Crippen molar-refractivity contribution in [2.45, 2.75) is 26.3 Å². The number of phenols is 1.